The molecule has 2 heterocycles. The van der Waals surface area contributed by atoms with E-state index < -0.39 is 6.04 Å². The van der Waals surface area contributed by atoms with Crippen molar-refractivity contribution >= 4 is 29.4 Å². The van der Waals surface area contributed by atoms with Gasteiger partial charge >= 0.3 is 0 Å². The number of hydrogen-bond donors (Lipinski definition) is 2. The van der Waals surface area contributed by atoms with Gasteiger partial charge in [0, 0.05) is 19.6 Å². The van der Waals surface area contributed by atoms with Crippen molar-refractivity contribution in [2.75, 3.05) is 37.0 Å². The van der Waals surface area contributed by atoms with Crippen LogP contribution in [-0.2, 0) is 9.53 Å². The molecule has 116 valence electrons. The maximum Gasteiger partial charge on any atom is 0.245 e. The third-order valence-corrected chi connectivity index (χ3v) is 3.11. The fourth-order valence-corrected chi connectivity index (χ4v) is 2.18. The normalized spacial score (nSPS) is 18.7. The Morgan fingerprint density at radius 3 is 2.86 bits per heavy atom. The Morgan fingerprint density at radius 1 is 1.43 bits per heavy atom. The van der Waals surface area contributed by atoms with Gasteiger partial charge in [-0.05, 0) is 25.4 Å². The Bertz CT molecular complexity index is 513. The molecule has 1 atom stereocenters. The van der Waals surface area contributed by atoms with Crippen LogP contribution < -0.4 is 15.5 Å². The average molecular weight is 315 g/mol. The Balaban J connectivity index is 2.26. The fraction of sp³-hybridized carbons (Fsp3) is 0.667. The number of amides is 1. The summed E-state index contributed by atoms with van der Waals surface area (Å²) in [5, 5.41) is 5.78. The molecule has 1 aromatic heterocycles. The number of morpholine rings is 1. The van der Waals surface area contributed by atoms with Gasteiger partial charge in [0.1, 0.15) is 6.04 Å². The summed E-state index contributed by atoms with van der Waals surface area (Å²) >= 11 is 5.90. The lowest BCUT2D eigenvalue weighted by Gasteiger charge is -2.34. The van der Waals surface area contributed by atoms with Crippen LogP contribution in [0.15, 0.2) is 0 Å². The summed E-state index contributed by atoms with van der Waals surface area (Å²) in [4.78, 5) is 26.4. The Labute approximate surface area is 128 Å². The monoisotopic (exact) mass is 314 g/mol. The van der Waals surface area contributed by atoms with Crippen LogP contribution >= 0.6 is 11.6 Å². The standard InChI is InChI=1S/C12H19ClN6O2/c1-7(2)15-9(20)8-6-21-5-4-19(8)12-17-10(13)16-11(14-3)18-12/h7-8H,4-6H2,1-3H3,(H,15,20)(H,14,16,17,18). The van der Waals surface area contributed by atoms with Crippen molar-refractivity contribution in [2.24, 2.45) is 0 Å². The number of hydrogen-bond acceptors (Lipinski definition) is 7. The Morgan fingerprint density at radius 2 is 2.19 bits per heavy atom. The highest BCUT2D eigenvalue weighted by Crippen LogP contribution is 2.18. The largest absolute Gasteiger partial charge is 0.377 e. The van der Waals surface area contributed by atoms with Crippen LogP contribution in [0, 0.1) is 0 Å². The number of anilines is 2. The first-order valence-corrected chi connectivity index (χ1v) is 7.13. The molecular weight excluding hydrogens is 296 g/mol. The van der Waals surface area contributed by atoms with Gasteiger partial charge in [0.05, 0.1) is 13.2 Å². The number of ether oxygens (including phenoxy) is 1. The second-order valence-electron chi connectivity index (χ2n) is 4.93. The molecule has 1 saturated heterocycles. The van der Waals surface area contributed by atoms with Gasteiger partial charge in [0.2, 0.25) is 23.1 Å². The Hall–Kier alpha value is -1.67. The lowest BCUT2D eigenvalue weighted by Crippen LogP contribution is -2.55. The second-order valence-corrected chi connectivity index (χ2v) is 5.26. The molecule has 1 aliphatic rings. The zero-order chi connectivity index (χ0) is 15.4. The van der Waals surface area contributed by atoms with Crippen LogP contribution in [0.3, 0.4) is 0 Å². The number of carbonyl (C=O) groups is 1. The molecule has 9 heteroatoms. The van der Waals surface area contributed by atoms with Gasteiger partial charge < -0.3 is 20.3 Å². The van der Waals surface area contributed by atoms with Crippen molar-refractivity contribution in [1.82, 2.24) is 20.3 Å². The van der Waals surface area contributed by atoms with Crippen LogP contribution in [0.2, 0.25) is 5.28 Å². The van der Waals surface area contributed by atoms with E-state index in [4.69, 9.17) is 16.3 Å². The number of nitrogens with zero attached hydrogens (tertiary/aromatic N) is 4. The molecule has 21 heavy (non-hydrogen) atoms. The van der Waals surface area contributed by atoms with E-state index in [1.54, 1.807) is 11.9 Å². The molecule has 1 unspecified atom stereocenters. The lowest BCUT2D eigenvalue weighted by molar-refractivity contribution is -0.125. The molecule has 0 saturated carbocycles. The molecular formula is C12H19ClN6O2. The molecule has 8 nitrogen and oxygen atoms in total. The molecule has 0 aliphatic carbocycles. The number of aromatic nitrogens is 3. The van der Waals surface area contributed by atoms with Crippen molar-refractivity contribution in [2.45, 2.75) is 25.9 Å². The summed E-state index contributed by atoms with van der Waals surface area (Å²) in [5.74, 6) is 0.610. The van der Waals surface area contributed by atoms with E-state index in [-0.39, 0.29) is 23.8 Å². The summed E-state index contributed by atoms with van der Waals surface area (Å²) in [6.45, 7) is 5.12. The number of nitrogens with one attached hydrogen (secondary N) is 2. The predicted molar refractivity (Wildman–Crippen MR) is 79.6 cm³/mol. The first-order valence-electron chi connectivity index (χ1n) is 6.75. The van der Waals surface area contributed by atoms with Crippen LogP contribution in [0.1, 0.15) is 13.8 Å². The number of halogens is 1. The predicted octanol–water partition coefficient (Wildman–Crippen LogP) is 0.296. The van der Waals surface area contributed by atoms with Crippen molar-refractivity contribution in [3.8, 4) is 0 Å². The summed E-state index contributed by atoms with van der Waals surface area (Å²) in [7, 11) is 1.69. The van der Waals surface area contributed by atoms with Gasteiger partial charge in [-0.15, -0.1) is 0 Å². The van der Waals surface area contributed by atoms with Gasteiger partial charge in [-0.25, -0.2) is 0 Å². The summed E-state index contributed by atoms with van der Waals surface area (Å²) in [5.41, 5.74) is 0. The van der Waals surface area contributed by atoms with Gasteiger partial charge in [0.25, 0.3) is 0 Å². The highest BCUT2D eigenvalue weighted by molar-refractivity contribution is 6.28. The summed E-state index contributed by atoms with van der Waals surface area (Å²) < 4.78 is 5.40. The molecule has 2 N–H and O–H groups in total. The molecule has 1 aromatic rings. The molecule has 1 fully saturated rings. The van der Waals surface area contributed by atoms with E-state index in [1.807, 2.05) is 13.8 Å². The van der Waals surface area contributed by atoms with E-state index >= 15 is 0 Å². The molecule has 0 radical (unpaired) electrons. The molecule has 0 spiro atoms. The Kier molecular flexibility index (Phi) is 5.13. The van der Waals surface area contributed by atoms with Crippen LogP contribution in [0.25, 0.3) is 0 Å². The zero-order valence-electron chi connectivity index (χ0n) is 12.3. The van der Waals surface area contributed by atoms with Crippen LogP contribution in [0.4, 0.5) is 11.9 Å². The van der Waals surface area contributed by atoms with Crippen molar-refractivity contribution < 1.29 is 9.53 Å². The number of rotatable bonds is 4. The minimum atomic E-state index is -0.482. The van der Waals surface area contributed by atoms with Crippen molar-refractivity contribution in [3.05, 3.63) is 5.28 Å². The van der Waals surface area contributed by atoms with Crippen molar-refractivity contribution in [3.63, 3.8) is 0 Å². The SMILES string of the molecule is CNc1nc(Cl)nc(N2CCOCC2C(=O)NC(C)C)n1. The minimum absolute atomic E-state index is 0.0519. The van der Waals surface area contributed by atoms with E-state index in [1.165, 1.54) is 0 Å². The number of carbonyl (C=O) groups excluding carboxylic acids is 1. The van der Waals surface area contributed by atoms with E-state index in [0.29, 0.717) is 25.0 Å². The first kappa shape index (κ1) is 15.7. The molecule has 0 bridgehead atoms. The van der Waals surface area contributed by atoms with Gasteiger partial charge in [-0.3, -0.25) is 4.79 Å². The van der Waals surface area contributed by atoms with Gasteiger partial charge in [-0.1, -0.05) is 0 Å². The van der Waals surface area contributed by atoms with E-state index in [9.17, 15) is 4.79 Å². The van der Waals surface area contributed by atoms with Crippen LogP contribution in [0.5, 0.6) is 0 Å². The fourth-order valence-electron chi connectivity index (χ4n) is 2.02. The van der Waals surface area contributed by atoms with Crippen molar-refractivity contribution in [1.29, 1.82) is 0 Å². The maximum atomic E-state index is 12.3. The topological polar surface area (TPSA) is 92.3 Å². The summed E-state index contributed by atoms with van der Waals surface area (Å²) in [6, 6.07) is -0.430. The molecule has 1 amide bonds. The highest BCUT2D eigenvalue weighted by atomic mass is 35.5. The average Bonchev–Trinajstić information content (AvgIpc) is 2.45. The lowest BCUT2D eigenvalue weighted by atomic mass is 10.2. The zero-order valence-corrected chi connectivity index (χ0v) is 13.0. The van der Waals surface area contributed by atoms with Crippen LogP contribution in [-0.4, -0.2) is 59.7 Å². The minimum Gasteiger partial charge on any atom is -0.377 e. The third-order valence-electron chi connectivity index (χ3n) is 2.94. The summed E-state index contributed by atoms with van der Waals surface area (Å²) in [6.07, 6.45) is 0. The second kappa shape index (κ2) is 6.86. The highest BCUT2D eigenvalue weighted by Gasteiger charge is 2.32. The van der Waals surface area contributed by atoms with Gasteiger partial charge in [0.15, 0.2) is 0 Å². The van der Waals surface area contributed by atoms with E-state index in [2.05, 4.69) is 25.6 Å². The van der Waals surface area contributed by atoms with Gasteiger partial charge in [-0.2, -0.15) is 15.0 Å². The first-order chi connectivity index (χ1) is 10.0. The molecule has 1 aliphatic heterocycles. The maximum absolute atomic E-state index is 12.3. The van der Waals surface area contributed by atoms with E-state index in [0.717, 1.165) is 0 Å². The molecule has 2 rings (SSSR count). The molecule has 0 aromatic carbocycles. The smallest absolute Gasteiger partial charge is 0.245 e. The quantitative estimate of drug-likeness (QED) is 0.825. The third kappa shape index (κ3) is 3.92.